The molecular weight excluding hydrogens is 676 g/mol. The average Bonchev–Trinajstić information content (AvgIpc) is 3.67. The molecule has 6 rings (SSSR count). The Morgan fingerprint density at radius 1 is 1.08 bits per heavy atom. The molecular formula is C34H39ClF2N7O6+. The van der Waals surface area contributed by atoms with Crippen molar-refractivity contribution in [3.63, 3.8) is 0 Å². The number of methoxy groups -OCH3 is 1. The zero-order valence-corrected chi connectivity index (χ0v) is 28.5. The third kappa shape index (κ3) is 7.02. The highest BCUT2D eigenvalue weighted by atomic mass is 35.5. The molecule has 3 fully saturated rings. The number of aromatic nitrogens is 2. The number of rotatable bonds is 10. The molecule has 4 heterocycles. The number of hydrogen-bond donors (Lipinski definition) is 3. The van der Waals surface area contributed by atoms with Gasteiger partial charge in [0.2, 0.25) is 11.7 Å². The van der Waals surface area contributed by atoms with E-state index in [2.05, 4.69) is 15.6 Å². The van der Waals surface area contributed by atoms with Crippen molar-refractivity contribution in [3.05, 3.63) is 64.6 Å². The number of quaternary nitrogens is 1. The van der Waals surface area contributed by atoms with E-state index >= 15 is 0 Å². The van der Waals surface area contributed by atoms with Gasteiger partial charge in [0.05, 0.1) is 55.1 Å². The van der Waals surface area contributed by atoms with E-state index in [4.69, 9.17) is 16.3 Å². The van der Waals surface area contributed by atoms with Gasteiger partial charge in [-0.3, -0.25) is 14.4 Å². The van der Waals surface area contributed by atoms with Crippen LogP contribution in [0.15, 0.2) is 36.5 Å². The number of piperazine rings is 1. The van der Waals surface area contributed by atoms with Gasteiger partial charge in [0.1, 0.15) is 0 Å². The molecule has 3 aliphatic rings. The number of nitrogens with zero attached hydrogens (tertiary/aromatic N) is 5. The number of hydrogen-bond acceptors (Lipinski definition) is 7. The molecule has 2 atom stereocenters. The smallest absolute Gasteiger partial charge is 0.359 e. The molecule has 3 aromatic rings. The number of carboxylic acid groups (broad SMARTS) is 1. The van der Waals surface area contributed by atoms with Gasteiger partial charge >= 0.3 is 5.97 Å². The number of carbonyl (C=O) groups is 4. The van der Waals surface area contributed by atoms with Gasteiger partial charge < -0.3 is 39.3 Å². The highest BCUT2D eigenvalue weighted by molar-refractivity contribution is 6.34. The first-order chi connectivity index (χ1) is 23.9. The van der Waals surface area contributed by atoms with Crippen molar-refractivity contribution in [2.24, 2.45) is 18.9 Å². The van der Waals surface area contributed by atoms with Crippen molar-refractivity contribution >= 4 is 41.0 Å². The van der Waals surface area contributed by atoms with Crippen LogP contribution < -0.4 is 15.4 Å². The fourth-order valence-electron chi connectivity index (χ4n) is 7.24. The fourth-order valence-corrected chi connectivity index (χ4v) is 7.50. The van der Waals surface area contributed by atoms with E-state index in [9.17, 15) is 33.1 Å². The number of anilines is 1. The summed E-state index contributed by atoms with van der Waals surface area (Å²) in [6, 6.07) is 7.09. The molecule has 0 spiro atoms. The van der Waals surface area contributed by atoms with Crippen molar-refractivity contribution in [2.75, 3.05) is 77.9 Å². The quantitative estimate of drug-likeness (QED) is 0.272. The first kappa shape index (κ1) is 35.2. The van der Waals surface area contributed by atoms with Crippen LogP contribution in [0.5, 0.6) is 5.75 Å². The number of imidazole rings is 1. The summed E-state index contributed by atoms with van der Waals surface area (Å²) < 4.78 is 35.6. The number of aliphatic carboxylic acids is 1. The largest absolute Gasteiger partial charge is 0.494 e. The van der Waals surface area contributed by atoms with Gasteiger partial charge in [-0.25, -0.2) is 14.2 Å². The molecule has 1 aromatic heterocycles. The van der Waals surface area contributed by atoms with E-state index in [0.29, 0.717) is 61.8 Å². The summed E-state index contributed by atoms with van der Waals surface area (Å²) in [5.74, 6) is -4.22. The number of carbonyl (C=O) groups excluding carboxylic acids is 3. The second-order valence-corrected chi connectivity index (χ2v) is 13.6. The Morgan fingerprint density at radius 2 is 1.80 bits per heavy atom. The number of nitrogens with one attached hydrogen (secondary N) is 2. The van der Waals surface area contributed by atoms with Crippen LogP contribution in [0.2, 0.25) is 5.02 Å². The van der Waals surface area contributed by atoms with Crippen molar-refractivity contribution in [2.45, 2.75) is 6.42 Å². The molecule has 0 saturated carbocycles. The number of amides is 3. The molecule has 3 amide bonds. The van der Waals surface area contributed by atoms with Crippen molar-refractivity contribution in [1.29, 1.82) is 0 Å². The Kier molecular flexibility index (Phi) is 10.1. The van der Waals surface area contributed by atoms with Gasteiger partial charge in [-0.15, -0.1) is 0 Å². The fraction of sp³-hybridized carbons (Fsp3) is 0.441. The molecule has 3 aliphatic heterocycles. The van der Waals surface area contributed by atoms with Crippen molar-refractivity contribution < 1.29 is 42.3 Å². The minimum atomic E-state index is -1.15. The second kappa shape index (κ2) is 14.3. The maximum Gasteiger partial charge on any atom is 0.359 e. The lowest BCUT2D eigenvalue weighted by Crippen LogP contribution is -2.58. The topological polar surface area (TPSA) is 146 Å². The minimum Gasteiger partial charge on any atom is -0.494 e. The summed E-state index contributed by atoms with van der Waals surface area (Å²) in [5.41, 5.74) is 0.602. The zero-order valence-electron chi connectivity index (χ0n) is 27.8. The molecule has 2 unspecified atom stereocenters. The molecule has 3 saturated heterocycles. The monoisotopic (exact) mass is 714 g/mol. The van der Waals surface area contributed by atoms with E-state index in [-0.39, 0.29) is 57.7 Å². The molecule has 2 aromatic carbocycles. The predicted octanol–water partition coefficient (Wildman–Crippen LogP) is 2.70. The number of ether oxygens (including phenoxy) is 1. The van der Waals surface area contributed by atoms with Crippen molar-refractivity contribution in [3.8, 4) is 17.0 Å². The second-order valence-electron chi connectivity index (χ2n) is 13.2. The van der Waals surface area contributed by atoms with Gasteiger partial charge in [0, 0.05) is 69.9 Å². The molecule has 13 nitrogen and oxygen atoms in total. The summed E-state index contributed by atoms with van der Waals surface area (Å²) in [6.45, 7) is 5.05. The van der Waals surface area contributed by atoms with E-state index in [0.717, 1.165) is 19.6 Å². The number of likely N-dealkylation sites (tertiary alicyclic amines) is 1. The zero-order chi connectivity index (χ0) is 35.7. The van der Waals surface area contributed by atoms with Crippen LogP contribution in [-0.4, -0.2) is 125 Å². The number of benzene rings is 2. The van der Waals surface area contributed by atoms with E-state index in [1.54, 1.807) is 9.80 Å². The summed E-state index contributed by atoms with van der Waals surface area (Å²) in [7, 11) is 2.72. The Morgan fingerprint density at radius 3 is 2.44 bits per heavy atom. The highest BCUT2D eigenvalue weighted by Gasteiger charge is 2.46. The van der Waals surface area contributed by atoms with Crippen molar-refractivity contribution in [1.82, 2.24) is 24.7 Å². The molecule has 50 heavy (non-hydrogen) atoms. The normalized spacial score (nSPS) is 20.8. The summed E-state index contributed by atoms with van der Waals surface area (Å²) in [4.78, 5) is 59.1. The third-order valence-corrected chi connectivity index (χ3v) is 10.3. The molecule has 266 valence electrons. The standard InChI is InChI=1S/C34H38ClF2N7O6/c1-41-26(24-5-6-27(50-2)30(37)29(24)36)16-39-31(41)32(47)40-22-3-4-23(25(35)13-22)34(49)43-10-8-42(9-11-43)33(48)21-7-12-44(18-21,19-28(45)46)17-20-14-38-15-20/h3-6,13,16,20-21,38H,7-12,14-15,17-19H2,1-2H3,(H-,40,45,46,47,49)/p+1. The van der Waals surface area contributed by atoms with Gasteiger partial charge in [-0.2, -0.15) is 4.39 Å². The third-order valence-electron chi connectivity index (χ3n) is 9.96. The summed E-state index contributed by atoms with van der Waals surface area (Å²) in [6.07, 6.45) is 1.90. The lowest BCUT2D eigenvalue weighted by atomic mass is 10.0. The first-order valence-electron chi connectivity index (χ1n) is 16.4. The van der Waals surface area contributed by atoms with E-state index in [1.165, 1.54) is 55.3 Å². The van der Waals surface area contributed by atoms with Crippen LogP contribution in [-0.2, 0) is 16.6 Å². The summed E-state index contributed by atoms with van der Waals surface area (Å²) in [5, 5.41) is 15.6. The van der Waals surface area contributed by atoms with Crippen LogP contribution >= 0.6 is 11.6 Å². The van der Waals surface area contributed by atoms with Crippen LogP contribution in [0.4, 0.5) is 14.5 Å². The van der Waals surface area contributed by atoms with Crippen LogP contribution in [0.3, 0.4) is 0 Å². The van der Waals surface area contributed by atoms with Gasteiger partial charge in [0.25, 0.3) is 11.8 Å². The Labute approximate surface area is 292 Å². The van der Waals surface area contributed by atoms with Crippen LogP contribution in [0, 0.1) is 23.5 Å². The number of carboxylic acids is 1. The lowest BCUT2D eigenvalue weighted by molar-refractivity contribution is -0.914. The van der Waals surface area contributed by atoms with E-state index < -0.39 is 23.5 Å². The minimum absolute atomic E-state index is 0.00785. The highest BCUT2D eigenvalue weighted by Crippen LogP contribution is 2.31. The van der Waals surface area contributed by atoms with Crippen LogP contribution in [0.1, 0.15) is 27.4 Å². The molecule has 0 bridgehead atoms. The van der Waals surface area contributed by atoms with Crippen LogP contribution in [0.25, 0.3) is 11.3 Å². The van der Waals surface area contributed by atoms with Gasteiger partial charge in [-0.1, -0.05) is 11.6 Å². The molecule has 16 heteroatoms. The average molecular weight is 715 g/mol. The Bertz CT molecular complexity index is 1830. The maximum atomic E-state index is 14.7. The SMILES string of the molecule is COc1ccc(-c2cnc(C(=O)Nc3ccc(C(=O)N4CCN(C(=O)C5CC[N+](CC(=O)O)(CC6CNC6)C5)CC4)c(Cl)c3)n2C)c(F)c1F. The summed E-state index contributed by atoms with van der Waals surface area (Å²) >= 11 is 6.50. The maximum absolute atomic E-state index is 14.7. The molecule has 3 N–H and O–H groups in total. The number of halogens is 3. The Balaban J connectivity index is 1.04. The van der Waals surface area contributed by atoms with E-state index in [1.807, 2.05) is 0 Å². The van der Waals surface area contributed by atoms with Gasteiger partial charge in [0.15, 0.2) is 23.9 Å². The predicted molar refractivity (Wildman–Crippen MR) is 179 cm³/mol. The lowest BCUT2D eigenvalue weighted by Gasteiger charge is -2.40. The Hall–Kier alpha value is -4.60. The van der Waals surface area contributed by atoms with Gasteiger partial charge in [-0.05, 0) is 30.3 Å². The molecule has 0 aliphatic carbocycles. The first-order valence-corrected chi connectivity index (χ1v) is 16.8. The molecule has 0 radical (unpaired) electrons.